The maximum absolute atomic E-state index is 12.4. The number of hydrogen-bond acceptors (Lipinski definition) is 3. The molecule has 0 heterocycles. The first-order valence-electron chi connectivity index (χ1n) is 8.93. The van der Waals surface area contributed by atoms with Crippen LogP contribution in [-0.4, -0.2) is 18.4 Å². The smallest absolute Gasteiger partial charge is 0.314 e. The van der Waals surface area contributed by atoms with Crippen LogP contribution in [0.1, 0.15) is 50.4 Å². The topological polar surface area (TPSA) is 43.4 Å². The summed E-state index contributed by atoms with van der Waals surface area (Å²) in [6.07, 6.45) is 5.78. The zero-order valence-corrected chi connectivity index (χ0v) is 15.7. The van der Waals surface area contributed by atoms with Crippen LogP contribution in [-0.2, 0) is 9.53 Å². The Morgan fingerprint density at radius 1 is 0.962 bits per heavy atom. The summed E-state index contributed by atoms with van der Waals surface area (Å²) in [5.74, 6) is -0.702. The zero-order valence-electron chi connectivity index (χ0n) is 15.7. The van der Waals surface area contributed by atoms with Crippen molar-refractivity contribution in [3.8, 4) is 0 Å². The van der Waals surface area contributed by atoms with Crippen LogP contribution < -0.4 is 0 Å². The Kier molecular flexibility index (Phi) is 7.34. The lowest BCUT2D eigenvalue weighted by Crippen LogP contribution is -2.12. The molecule has 2 aromatic carbocycles. The van der Waals surface area contributed by atoms with Crippen LogP contribution >= 0.6 is 0 Å². The second-order valence-corrected chi connectivity index (χ2v) is 6.68. The first-order chi connectivity index (χ1) is 12.5. The van der Waals surface area contributed by atoms with Gasteiger partial charge in [-0.15, -0.1) is 0 Å². The molecule has 0 spiro atoms. The van der Waals surface area contributed by atoms with Crippen LogP contribution in [0.4, 0.5) is 0 Å². The fourth-order valence-corrected chi connectivity index (χ4v) is 2.71. The molecule has 2 rings (SSSR count). The molecule has 0 aliphatic heterocycles. The molecule has 26 heavy (non-hydrogen) atoms. The molecule has 0 aliphatic carbocycles. The molecule has 136 valence electrons. The Morgan fingerprint density at radius 3 is 2.46 bits per heavy atom. The summed E-state index contributed by atoms with van der Waals surface area (Å²) in [5.41, 5.74) is 3.04. The summed E-state index contributed by atoms with van der Waals surface area (Å²) in [6.45, 7) is 6.39. The van der Waals surface area contributed by atoms with Crippen LogP contribution in [0.2, 0.25) is 0 Å². The van der Waals surface area contributed by atoms with Gasteiger partial charge in [0.2, 0.25) is 0 Å². The highest BCUT2D eigenvalue weighted by molar-refractivity contribution is 6.13. The second kappa shape index (κ2) is 9.71. The molecular weight excluding hydrogens is 324 g/mol. The zero-order chi connectivity index (χ0) is 18.9. The van der Waals surface area contributed by atoms with E-state index in [4.69, 9.17) is 4.74 Å². The molecule has 0 bridgehead atoms. The maximum atomic E-state index is 12.4. The standard InChI is InChI=1S/C23H26O3/c1-17(2)8-6-9-18(3)14-15-26-23(25)16-22(24)21-13-7-11-19-10-4-5-12-20(19)21/h4-5,7-8,10-14H,6,9,15-16H2,1-3H3/b18-14+. The van der Waals surface area contributed by atoms with E-state index in [1.165, 1.54) is 11.1 Å². The van der Waals surface area contributed by atoms with Crippen molar-refractivity contribution in [2.75, 3.05) is 6.61 Å². The minimum atomic E-state index is -0.490. The molecule has 0 saturated carbocycles. The van der Waals surface area contributed by atoms with Gasteiger partial charge in [-0.3, -0.25) is 9.59 Å². The van der Waals surface area contributed by atoms with E-state index >= 15 is 0 Å². The number of allylic oxidation sites excluding steroid dienone is 3. The molecule has 0 aromatic heterocycles. The minimum Gasteiger partial charge on any atom is -0.461 e. The van der Waals surface area contributed by atoms with Crippen LogP contribution in [0.15, 0.2) is 65.8 Å². The van der Waals surface area contributed by atoms with E-state index in [2.05, 4.69) is 19.9 Å². The number of benzene rings is 2. The maximum Gasteiger partial charge on any atom is 0.314 e. The van der Waals surface area contributed by atoms with Crippen molar-refractivity contribution >= 4 is 22.5 Å². The van der Waals surface area contributed by atoms with Gasteiger partial charge in [-0.2, -0.15) is 0 Å². The highest BCUT2D eigenvalue weighted by Gasteiger charge is 2.15. The molecule has 3 nitrogen and oxygen atoms in total. The number of ketones is 1. The van der Waals surface area contributed by atoms with E-state index in [0.717, 1.165) is 23.6 Å². The van der Waals surface area contributed by atoms with Gasteiger partial charge in [-0.25, -0.2) is 0 Å². The average molecular weight is 350 g/mol. The Bertz CT molecular complexity index is 834. The van der Waals surface area contributed by atoms with Gasteiger partial charge in [0.05, 0.1) is 0 Å². The summed E-state index contributed by atoms with van der Waals surface area (Å²) >= 11 is 0. The van der Waals surface area contributed by atoms with Crippen LogP contribution in [0.3, 0.4) is 0 Å². The number of ether oxygens (including phenoxy) is 1. The quantitative estimate of drug-likeness (QED) is 0.267. The monoisotopic (exact) mass is 350 g/mol. The van der Waals surface area contributed by atoms with Crippen molar-refractivity contribution in [2.24, 2.45) is 0 Å². The Hall–Kier alpha value is -2.68. The highest BCUT2D eigenvalue weighted by atomic mass is 16.5. The normalized spacial score (nSPS) is 11.3. The second-order valence-electron chi connectivity index (χ2n) is 6.68. The van der Waals surface area contributed by atoms with Crippen molar-refractivity contribution in [1.29, 1.82) is 0 Å². The first kappa shape index (κ1) is 19.6. The lowest BCUT2D eigenvalue weighted by atomic mass is 10.00. The molecule has 0 N–H and O–H groups in total. The van der Waals surface area contributed by atoms with E-state index in [9.17, 15) is 9.59 Å². The fourth-order valence-electron chi connectivity index (χ4n) is 2.71. The molecule has 3 heteroatoms. The molecule has 0 aliphatic rings. The third-order valence-corrected chi connectivity index (χ3v) is 4.16. The largest absolute Gasteiger partial charge is 0.461 e. The predicted octanol–water partition coefficient (Wildman–Crippen LogP) is 5.65. The number of rotatable bonds is 8. The van der Waals surface area contributed by atoms with Crippen molar-refractivity contribution in [3.05, 3.63) is 71.3 Å². The lowest BCUT2D eigenvalue weighted by molar-refractivity contribution is -0.141. The SMILES string of the molecule is CC(C)=CCC/C(C)=C/COC(=O)CC(=O)c1cccc2ccccc12. The summed E-state index contributed by atoms with van der Waals surface area (Å²) in [4.78, 5) is 24.4. The Balaban J connectivity index is 1.87. The Labute approximate surface area is 155 Å². The van der Waals surface area contributed by atoms with Crippen molar-refractivity contribution in [3.63, 3.8) is 0 Å². The molecule has 0 atom stereocenters. The number of Topliss-reactive ketones (excluding diaryl/α,β-unsaturated/α-hetero) is 1. The lowest BCUT2D eigenvalue weighted by Gasteiger charge is -2.06. The van der Waals surface area contributed by atoms with Crippen LogP contribution in [0, 0.1) is 0 Å². The van der Waals surface area contributed by atoms with E-state index in [1.807, 2.05) is 49.4 Å². The average Bonchev–Trinajstić information content (AvgIpc) is 2.60. The van der Waals surface area contributed by atoms with Gasteiger partial charge < -0.3 is 4.74 Å². The van der Waals surface area contributed by atoms with E-state index < -0.39 is 5.97 Å². The molecule has 0 saturated heterocycles. The molecule has 2 aromatic rings. The van der Waals surface area contributed by atoms with E-state index in [-0.39, 0.29) is 18.8 Å². The number of carbonyl (C=O) groups is 2. The molecule has 0 fully saturated rings. The van der Waals surface area contributed by atoms with Gasteiger partial charge >= 0.3 is 5.97 Å². The summed E-state index contributed by atoms with van der Waals surface area (Å²) in [5, 5.41) is 1.85. The molecule has 0 unspecified atom stereocenters. The first-order valence-corrected chi connectivity index (χ1v) is 8.93. The van der Waals surface area contributed by atoms with Crippen molar-refractivity contribution in [1.82, 2.24) is 0 Å². The third kappa shape index (κ3) is 5.99. The third-order valence-electron chi connectivity index (χ3n) is 4.16. The van der Waals surface area contributed by atoms with Crippen molar-refractivity contribution < 1.29 is 14.3 Å². The van der Waals surface area contributed by atoms with Crippen LogP contribution in [0.25, 0.3) is 10.8 Å². The Morgan fingerprint density at radius 2 is 1.69 bits per heavy atom. The highest BCUT2D eigenvalue weighted by Crippen LogP contribution is 2.20. The van der Waals surface area contributed by atoms with Gasteiger partial charge in [0.1, 0.15) is 13.0 Å². The number of carbonyl (C=O) groups excluding carboxylic acids is 2. The van der Waals surface area contributed by atoms with Crippen LogP contribution in [0.5, 0.6) is 0 Å². The van der Waals surface area contributed by atoms with Gasteiger partial charge in [-0.05, 0) is 50.5 Å². The van der Waals surface area contributed by atoms with Crippen molar-refractivity contribution in [2.45, 2.75) is 40.0 Å². The van der Waals surface area contributed by atoms with Gasteiger partial charge in [0.15, 0.2) is 5.78 Å². The predicted molar refractivity (Wildman–Crippen MR) is 106 cm³/mol. The van der Waals surface area contributed by atoms with Gasteiger partial charge in [-0.1, -0.05) is 59.7 Å². The summed E-state index contributed by atoms with van der Waals surface area (Å²) in [7, 11) is 0. The van der Waals surface area contributed by atoms with E-state index in [0.29, 0.717) is 5.56 Å². The summed E-state index contributed by atoms with van der Waals surface area (Å²) < 4.78 is 5.19. The van der Waals surface area contributed by atoms with E-state index in [1.54, 1.807) is 6.07 Å². The fraction of sp³-hybridized carbons (Fsp3) is 0.304. The summed E-state index contributed by atoms with van der Waals surface area (Å²) in [6, 6.07) is 13.2. The number of fused-ring (bicyclic) bond motifs is 1. The molecule has 0 radical (unpaired) electrons. The number of hydrogen-bond donors (Lipinski definition) is 0. The van der Waals surface area contributed by atoms with Gasteiger partial charge in [0, 0.05) is 5.56 Å². The molecular formula is C23H26O3. The minimum absolute atomic E-state index is 0.211. The van der Waals surface area contributed by atoms with Gasteiger partial charge in [0.25, 0.3) is 0 Å². The molecule has 0 amide bonds. The number of esters is 1.